The summed E-state index contributed by atoms with van der Waals surface area (Å²) in [6.45, 7) is 8.53. The van der Waals surface area contributed by atoms with Crippen molar-refractivity contribution in [3.63, 3.8) is 0 Å². The smallest absolute Gasteiger partial charge is 0.230 e. The van der Waals surface area contributed by atoms with Crippen LogP contribution in [0.3, 0.4) is 0 Å². The summed E-state index contributed by atoms with van der Waals surface area (Å²) in [7, 11) is 0. The van der Waals surface area contributed by atoms with E-state index in [0.717, 1.165) is 23.1 Å². The monoisotopic (exact) mass is 372 g/mol. The summed E-state index contributed by atoms with van der Waals surface area (Å²) >= 11 is 1.44. The maximum absolute atomic E-state index is 12.4. The average molecular weight is 373 g/mol. The molecule has 1 saturated carbocycles. The van der Waals surface area contributed by atoms with Crippen molar-refractivity contribution in [2.45, 2.75) is 58.2 Å². The number of hydrogen-bond donors (Lipinski definition) is 1. The van der Waals surface area contributed by atoms with Gasteiger partial charge in [0, 0.05) is 11.7 Å². The summed E-state index contributed by atoms with van der Waals surface area (Å²) in [6.07, 6.45) is 3.55. The lowest BCUT2D eigenvalue weighted by molar-refractivity contribution is -0.120. The topological polar surface area (TPSA) is 59.8 Å². The summed E-state index contributed by atoms with van der Waals surface area (Å²) in [4.78, 5) is 12.4. The third-order valence-corrected chi connectivity index (χ3v) is 6.40. The fourth-order valence-electron chi connectivity index (χ4n) is 3.59. The molecule has 140 valence electrons. The number of nitrogens with zero attached hydrogens (tertiary/aromatic N) is 3. The molecular weight excluding hydrogens is 344 g/mol. The molecule has 1 heterocycles. The Labute approximate surface area is 160 Å². The van der Waals surface area contributed by atoms with Gasteiger partial charge in [0.2, 0.25) is 5.91 Å². The van der Waals surface area contributed by atoms with Crippen LogP contribution in [0.2, 0.25) is 0 Å². The first-order valence-corrected chi connectivity index (χ1v) is 10.4. The summed E-state index contributed by atoms with van der Waals surface area (Å²) in [6, 6.07) is 8.55. The summed E-state index contributed by atoms with van der Waals surface area (Å²) in [5.41, 5.74) is 2.24. The van der Waals surface area contributed by atoms with E-state index in [1.54, 1.807) is 0 Å². The second kappa shape index (κ2) is 8.25. The SMILES string of the molecule is Cc1ccc(-n2c(C)nnc2SCC(=O)NC2CCCC(C)C2C)cc1. The Morgan fingerprint density at radius 3 is 2.65 bits per heavy atom. The fraction of sp³-hybridized carbons (Fsp3) is 0.550. The minimum atomic E-state index is 0.0806. The second-order valence-electron chi connectivity index (χ2n) is 7.43. The molecule has 0 saturated heterocycles. The van der Waals surface area contributed by atoms with Crippen molar-refractivity contribution in [2.75, 3.05) is 5.75 Å². The number of amides is 1. The highest BCUT2D eigenvalue weighted by Crippen LogP contribution is 2.29. The minimum Gasteiger partial charge on any atom is -0.352 e. The molecule has 1 aliphatic carbocycles. The molecule has 0 radical (unpaired) electrons. The van der Waals surface area contributed by atoms with Gasteiger partial charge in [-0.25, -0.2) is 0 Å². The van der Waals surface area contributed by atoms with Crippen LogP contribution in [-0.4, -0.2) is 32.5 Å². The lowest BCUT2D eigenvalue weighted by Crippen LogP contribution is -2.44. The number of aryl methyl sites for hydroxylation is 2. The van der Waals surface area contributed by atoms with E-state index in [0.29, 0.717) is 23.6 Å². The molecule has 26 heavy (non-hydrogen) atoms. The first-order valence-electron chi connectivity index (χ1n) is 9.37. The van der Waals surface area contributed by atoms with E-state index >= 15 is 0 Å². The van der Waals surface area contributed by atoms with Crippen LogP contribution in [0, 0.1) is 25.7 Å². The van der Waals surface area contributed by atoms with Crippen LogP contribution in [0.4, 0.5) is 0 Å². The molecule has 1 amide bonds. The molecule has 1 N–H and O–H groups in total. The Morgan fingerprint density at radius 2 is 1.92 bits per heavy atom. The molecule has 1 aliphatic rings. The molecule has 1 aromatic heterocycles. The third-order valence-electron chi connectivity index (χ3n) is 5.47. The summed E-state index contributed by atoms with van der Waals surface area (Å²) < 4.78 is 2.00. The standard InChI is InChI=1S/C20H28N4OS/c1-13-8-10-17(11-9-13)24-16(4)22-23-20(24)26-12-19(25)21-18-7-5-6-14(2)15(18)3/h8-11,14-15,18H,5-7,12H2,1-4H3,(H,21,25). The first-order chi connectivity index (χ1) is 12.5. The molecule has 0 aliphatic heterocycles. The second-order valence-corrected chi connectivity index (χ2v) is 8.37. The van der Waals surface area contributed by atoms with Crippen molar-refractivity contribution in [2.24, 2.45) is 11.8 Å². The van der Waals surface area contributed by atoms with E-state index in [1.165, 1.54) is 30.2 Å². The van der Waals surface area contributed by atoms with E-state index in [-0.39, 0.29) is 5.91 Å². The Morgan fingerprint density at radius 1 is 1.19 bits per heavy atom. The van der Waals surface area contributed by atoms with Gasteiger partial charge in [0.15, 0.2) is 5.16 Å². The van der Waals surface area contributed by atoms with Crippen LogP contribution < -0.4 is 5.32 Å². The number of hydrogen-bond acceptors (Lipinski definition) is 4. The minimum absolute atomic E-state index is 0.0806. The molecule has 3 atom stereocenters. The number of carbonyl (C=O) groups excluding carboxylic acids is 1. The van der Waals surface area contributed by atoms with Gasteiger partial charge in [0.25, 0.3) is 0 Å². The molecule has 2 aromatic rings. The van der Waals surface area contributed by atoms with Crippen molar-refractivity contribution < 1.29 is 4.79 Å². The fourth-order valence-corrected chi connectivity index (χ4v) is 4.40. The van der Waals surface area contributed by atoms with Crippen LogP contribution in [-0.2, 0) is 4.79 Å². The Balaban J connectivity index is 1.63. The molecular formula is C20H28N4OS. The number of thioether (sulfide) groups is 1. The van der Waals surface area contributed by atoms with Crippen molar-refractivity contribution in [3.05, 3.63) is 35.7 Å². The van der Waals surface area contributed by atoms with Crippen LogP contribution >= 0.6 is 11.8 Å². The van der Waals surface area contributed by atoms with Gasteiger partial charge < -0.3 is 5.32 Å². The van der Waals surface area contributed by atoms with E-state index in [9.17, 15) is 4.79 Å². The number of carbonyl (C=O) groups is 1. The van der Waals surface area contributed by atoms with Crippen LogP contribution in [0.15, 0.2) is 29.4 Å². The predicted octanol–water partition coefficient (Wildman–Crippen LogP) is 3.92. The van der Waals surface area contributed by atoms with Gasteiger partial charge in [-0.3, -0.25) is 9.36 Å². The number of rotatable bonds is 5. The van der Waals surface area contributed by atoms with Gasteiger partial charge in [0.05, 0.1) is 5.75 Å². The highest BCUT2D eigenvalue weighted by Gasteiger charge is 2.28. The molecule has 5 nitrogen and oxygen atoms in total. The normalized spacial score (nSPS) is 23.0. The lowest BCUT2D eigenvalue weighted by atomic mass is 9.78. The maximum Gasteiger partial charge on any atom is 0.230 e. The predicted molar refractivity (Wildman–Crippen MR) is 106 cm³/mol. The molecule has 1 aromatic carbocycles. The Kier molecular flexibility index (Phi) is 6.01. The molecule has 0 bridgehead atoms. The van der Waals surface area contributed by atoms with Crippen molar-refractivity contribution in [1.29, 1.82) is 0 Å². The summed E-state index contributed by atoms with van der Waals surface area (Å²) in [5, 5.41) is 12.4. The Bertz CT molecular complexity index is 756. The average Bonchev–Trinajstić information content (AvgIpc) is 2.99. The summed E-state index contributed by atoms with van der Waals surface area (Å²) in [5.74, 6) is 2.48. The van der Waals surface area contributed by atoms with Crippen LogP contribution in [0.25, 0.3) is 5.69 Å². The highest BCUT2D eigenvalue weighted by molar-refractivity contribution is 7.99. The van der Waals surface area contributed by atoms with Crippen LogP contribution in [0.1, 0.15) is 44.5 Å². The van der Waals surface area contributed by atoms with E-state index in [4.69, 9.17) is 0 Å². The third kappa shape index (κ3) is 4.29. The van der Waals surface area contributed by atoms with Gasteiger partial charge in [-0.15, -0.1) is 10.2 Å². The van der Waals surface area contributed by atoms with E-state index in [1.807, 2.05) is 11.5 Å². The maximum atomic E-state index is 12.4. The van der Waals surface area contributed by atoms with Crippen molar-refractivity contribution >= 4 is 17.7 Å². The van der Waals surface area contributed by atoms with Crippen molar-refractivity contribution in [3.8, 4) is 5.69 Å². The van der Waals surface area contributed by atoms with Gasteiger partial charge in [-0.1, -0.05) is 56.1 Å². The van der Waals surface area contributed by atoms with Gasteiger partial charge >= 0.3 is 0 Å². The van der Waals surface area contributed by atoms with Crippen molar-refractivity contribution in [1.82, 2.24) is 20.1 Å². The number of aromatic nitrogens is 3. The zero-order valence-corrected chi connectivity index (χ0v) is 16.8. The number of benzene rings is 1. The Hall–Kier alpha value is -1.82. The van der Waals surface area contributed by atoms with Gasteiger partial charge in [-0.2, -0.15) is 0 Å². The zero-order valence-electron chi connectivity index (χ0n) is 16.0. The van der Waals surface area contributed by atoms with Gasteiger partial charge in [-0.05, 0) is 44.2 Å². The highest BCUT2D eigenvalue weighted by atomic mass is 32.2. The molecule has 6 heteroatoms. The van der Waals surface area contributed by atoms with Gasteiger partial charge in [0.1, 0.15) is 5.82 Å². The zero-order chi connectivity index (χ0) is 18.7. The molecule has 0 spiro atoms. The van der Waals surface area contributed by atoms with Crippen LogP contribution in [0.5, 0.6) is 0 Å². The molecule has 3 unspecified atom stereocenters. The van der Waals surface area contributed by atoms with E-state index < -0.39 is 0 Å². The largest absolute Gasteiger partial charge is 0.352 e. The quantitative estimate of drug-likeness (QED) is 0.808. The number of nitrogens with one attached hydrogen (secondary N) is 1. The molecule has 3 rings (SSSR count). The molecule has 1 fully saturated rings. The first kappa shape index (κ1) is 19.0. The lowest BCUT2D eigenvalue weighted by Gasteiger charge is -2.34. The van der Waals surface area contributed by atoms with E-state index in [2.05, 4.69) is 60.6 Å².